The largest absolute Gasteiger partial charge is 0.445 e. The van der Waals surface area contributed by atoms with Crippen molar-refractivity contribution in [2.24, 2.45) is 0 Å². The number of rotatable bonds is 4. The molecule has 3 rings (SSSR count). The van der Waals surface area contributed by atoms with Gasteiger partial charge in [-0.25, -0.2) is 9.78 Å². The molecule has 10 heteroatoms. The monoisotopic (exact) mass is 351 g/mol. The van der Waals surface area contributed by atoms with Crippen molar-refractivity contribution in [2.75, 3.05) is 26.2 Å². The van der Waals surface area contributed by atoms with Crippen molar-refractivity contribution in [1.82, 2.24) is 23.4 Å². The number of amides is 1. The zero-order chi connectivity index (χ0) is 17.0. The fraction of sp³-hybridized carbons (Fsp3) is 0.357. The summed E-state index contributed by atoms with van der Waals surface area (Å²) < 4.78 is 31.9. The second-order valence-corrected chi connectivity index (χ2v) is 6.99. The van der Waals surface area contributed by atoms with E-state index in [-0.39, 0.29) is 32.8 Å². The standard InChI is InChI=1S/C14H17N5O4S/c20-14(23-10-13-4-2-1-3-5-13)17-6-8-18(9-7-17)24(21,22)19-12-15-11-16-19/h1-5,11-12H,6-10H2. The normalized spacial score (nSPS) is 16.1. The van der Waals surface area contributed by atoms with Crippen LogP contribution in [0.1, 0.15) is 5.56 Å². The van der Waals surface area contributed by atoms with Crippen LogP contribution in [0.15, 0.2) is 43.0 Å². The second kappa shape index (κ2) is 6.97. The SMILES string of the molecule is O=C(OCc1ccccc1)N1CCN(S(=O)(=O)n2cncn2)CC1. The smallest absolute Gasteiger partial charge is 0.410 e. The van der Waals surface area contributed by atoms with Gasteiger partial charge in [-0.2, -0.15) is 12.7 Å². The van der Waals surface area contributed by atoms with Gasteiger partial charge in [0.25, 0.3) is 0 Å². The molecule has 128 valence electrons. The minimum atomic E-state index is -3.73. The summed E-state index contributed by atoms with van der Waals surface area (Å²) in [6.45, 7) is 1.09. The van der Waals surface area contributed by atoms with E-state index in [0.29, 0.717) is 0 Å². The maximum atomic E-state index is 12.3. The van der Waals surface area contributed by atoms with E-state index in [1.54, 1.807) is 0 Å². The lowest BCUT2D eigenvalue weighted by molar-refractivity contribution is 0.0836. The number of benzene rings is 1. The Morgan fingerprint density at radius 3 is 2.46 bits per heavy atom. The van der Waals surface area contributed by atoms with Crippen LogP contribution in [0.5, 0.6) is 0 Å². The average Bonchev–Trinajstić information content (AvgIpc) is 3.16. The first kappa shape index (κ1) is 16.4. The summed E-state index contributed by atoms with van der Waals surface area (Å²) in [5.41, 5.74) is 0.901. The van der Waals surface area contributed by atoms with Crippen LogP contribution in [0.25, 0.3) is 0 Å². The first-order valence-electron chi connectivity index (χ1n) is 7.38. The van der Waals surface area contributed by atoms with Crippen LogP contribution in [0.4, 0.5) is 4.79 Å². The Morgan fingerprint density at radius 1 is 1.12 bits per heavy atom. The Morgan fingerprint density at radius 2 is 1.83 bits per heavy atom. The van der Waals surface area contributed by atoms with E-state index in [9.17, 15) is 13.2 Å². The van der Waals surface area contributed by atoms with Crippen LogP contribution < -0.4 is 0 Å². The van der Waals surface area contributed by atoms with Gasteiger partial charge in [-0.3, -0.25) is 0 Å². The van der Waals surface area contributed by atoms with Crippen molar-refractivity contribution in [3.63, 3.8) is 0 Å². The summed E-state index contributed by atoms with van der Waals surface area (Å²) in [7, 11) is -3.73. The molecule has 1 aliphatic heterocycles. The molecule has 1 saturated heterocycles. The van der Waals surface area contributed by atoms with Gasteiger partial charge in [0.15, 0.2) is 0 Å². The first-order valence-corrected chi connectivity index (χ1v) is 8.78. The molecule has 0 bridgehead atoms. The van der Waals surface area contributed by atoms with Gasteiger partial charge in [0, 0.05) is 26.2 Å². The molecule has 1 fully saturated rings. The van der Waals surface area contributed by atoms with Gasteiger partial charge in [0.05, 0.1) is 0 Å². The van der Waals surface area contributed by atoms with E-state index in [1.807, 2.05) is 30.3 Å². The lowest BCUT2D eigenvalue weighted by Gasteiger charge is -2.32. The third-order valence-electron chi connectivity index (χ3n) is 3.66. The van der Waals surface area contributed by atoms with Crippen LogP contribution >= 0.6 is 0 Å². The highest BCUT2D eigenvalue weighted by molar-refractivity contribution is 7.87. The van der Waals surface area contributed by atoms with Crippen molar-refractivity contribution in [2.45, 2.75) is 6.61 Å². The topological polar surface area (TPSA) is 97.6 Å². The fourth-order valence-electron chi connectivity index (χ4n) is 2.35. The molecule has 9 nitrogen and oxygen atoms in total. The lowest BCUT2D eigenvalue weighted by Crippen LogP contribution is -2.51. The van der Waals surface area contributed by atoms with Crippen molar-refractivity contribution in [1.29, 1.82) is 0 Å². The van der Waals surface area contributed by atoms with Gasteiger partial charge in [-0.15, -0.1) is 9.19 Å². The Hall–Kier alpha value is -2.46. The van der Waals surface area contributed by atoms with Crippen LogP contribution in [0, 0.1) is 0 Å². The third-order valence-corrected chi connectivity index (χ3v) is 5.34. The molecule has 2 heterocycles. The number of ether oxygens (including phenoxy) is 1. The molecular formula is C14H17N5O4S. The third kappa shape index (κ3) is 3.54. The van der Waals surface area contributed by atoms with Gasteiger partial charge in [-0.1, -0.05) is 30.3 Å². The quantitative estimate of drug-likeness (QED) is 0.787. The zero-order valence-corrected chi connectivity index (χ0v) is 13.7. The number of hydrogen-bond donors (Lipinski definition) is 0. The molecule has 1 aromatic carbocycles. The molecule has 0 saturated carbocycles. The Bertz CT molecular complexity index is 771. The minimum absolute atomic E-state index is 0.183. The molecule has 1 aromatic heterocycles. The number of carbonyl (C=O) groups excluding carboxylic acids is 1. The minimum Gasteiger partial charge on any atom is -0.445 e. The molecule has 0 N–H and O–H groups in total. The van der Waals surface area contributed by atoms with Gasteiger partial charge in [0.2, 0.25) is 0 Å². The number of carbonyl (C=O) groups is 1. The summed E-state index contributed by atoms with van der Waals surface area (Å²) in [6, 6.07) is 9.37. The molecule has 1 amide bonds. The Labute approximate surface area is 139 Å². The van der Waals surface area contributed by atoms with Crippen LogP contribution in [-0.4, -0.2) is 64.1 Å². The predicted octanol–water partition coefficient (Wildman–Crippen LogP) is 0.325. The number of piperazine rings is 1. The van der Waals surface area contributed by atoms with E-state index < -0.39 is 16.3 Å². The summed E-state index contributed by atoms with van der Waals surface area (Å²) >= 11 is 0. The van der Waals surface area contributed by atoms with Crippen LogP contribution in [0.2, 0.25) is 0 Å². The molecule has 1 aliphatic rings. The van der Waals surface area contributed by atoms with Crippen LogP contribution in [0.3, 0.4) is 0 Å². The van der Waals surface area contributed by atoms with Crippen molar-refractivity contribution in [3.8, 4) is 0 Å². The van der Waals surface area contributed by atoms with Gasteiger partial charge >= 0.3 is 16.3 Å². The first-order chi connectivity index (χ1) is 11.6. The Kier molecular flexibility index (Phi) is 4.76. The molecule has 0 aliphatic carbocycles. The maximum Gasteiger partial charge on any atom is 0.410 e. The molecule has 0 spiro atoms. The summed E-state index contributed by atoms with van der Waals surface area (Å²) in [5.74, 6) is 0. The lowest BCUT2D eigenvalue weighted by atomic mass is 10.2. The highest BCUT2D eigenvalue weighted by Gasteiger charge is 2.31. The summed E-state index contributed by atoms with van der Waals surface area (Å²) in [4.78, 5) is 17.2. The number of nitrogens with zero attached hydrogens (tertiary/aromatic N) is 5. The van der Waals surface area contributed by atoms with Crippen molar-refractivity contribution >= 4 is 16.3 Å². The van der Waals surface area contributed by atoms with E-state index in [4.69, 9.17) is 4.74 Å². The molecule has 2 aromatic rings. The second-order valence-electron chi connectivity index (χ2n) is 5.20. The highest BCUT2D eigenvalue weighted by atomic mass is 32.2. The van der Waals surface area contributed by atoms with Crippen LogP contribution in [-0.2, 0) is 21.6 Å². The highest BCUT2D eigenvalue weighted by Crippen LogP contribution is 2.11. The summed E-state index contributed by atoms with van der Waals surface area (Å²) in [5, 5.41) is 3.65. The molecule has 24 heavy (non-hydrogen) atoms. The summed E-state index contributed by atoms with van der Waals surface area (Å²) in [6.07, 6.45) is 1.85. The molecule has 0 radical (unpaired) electrons. The maximum absolute atomic E-state index is 12.3. The van der Waals surface area contributed by atoms with Gasteiger partial charge in [-0.05, 0) is 5.56 Å². The van der Waals surface area contributed by atoms with Crippen molar-refractivity contribution < 1.29 is 17.9 Å². The van der Waals surface area contributed by atoms with E-state index >= 15 is 0 Å². The predicted molar refractivity (Wildman–Crippen MR) is 84.1 cm³/mol. The van der Waals surface area contributed by atoms with E-state index in [0.717, 1.165) is 22.3 Å². The van der Waals surface area contributed by atoms with Gasteiger partial charge < -0.3 is 9.64 Å². The number of hydrogen-bond acceptors (Lipinski definition) is 6. The molecule has 0 unspecified atom stereocenters. The number of aromatic nitrogens is 3. The molecular weight excluding hydrogens is 334 g/mol. The fourth-order valence-corrected chi connectivity index (χ4v) is 3.54. The molecule has 0 atom stereocenters. The Balaban J connectivity index is 1.52. The van der Waals surface area contributed by atoms with Crippen molar-refractivity contribution in [3.05, 3.63) is 48.5 Å². The zero-order valence-electron chi connectivity index (χ0n) is 12.9. The average molecular weight is 351 g/mol. The van der Waals surface area contributed by atoms with E-state index in [2.05, 4.69) is 10.1 Å². The van der Waals surface area contributed by atoms with E-state index in [1.165, 1.54) is 9.21 Å². The van der Waals surface area contributed by atoms with Gasteiger partial charge in [0.1, 0.15) is 19.3 Å².